The van der Waals surface area contributed by atoms with E-state index < -0.39 is 0 Å². The first kappa shape index (κ1) is 12.2. The molecular weight excluding hydrogens is 256 g/mol. The Hall–Kier alpha value is -2.83. The van der Waals surface area contributed by atoms with Gasteiger partial charge in [-0.05, 0) is 19.1 Å². The highest BCUT2D eigenvalue weighted by molar-refractivity contribution is 5.88. The molecule has 0 atom stereocenters. The van der Waals surface area contributed by atoms with Crippen LogP contribution in [0.3, 0.4) is 0 Å². The number of benzene rings is 1. The van der Waals surface area contributed by atoms with E-state index in [1.54, 1.807) is 18.3 Å². The molecule has 2 heterocycles. The molecule has 3 rings (SSSR count). The first-order chi connectivity index (χ1) is 9.65. The molecule has 0 spiro atoms. The molecule has 0 amide bonds. The molecule has 7 nitrogen and oxygen atoms in total. The topological polar surface area (TPSA) is 112 Å². The number of aromatic amines is 2. The minimum atomic E-state index is -0.195. The molecule has 0 saturated heterocycles. The molecule has 0 aliphatic heterocycles. The predicted molar refractivity (Wildman–Crippen MR) is 77.4 cm³/mol. The molecule has 0 aliphatic carbocycles. The molecule has 5 N–H and O–H groups in total. The highest BCUT2D eigenvalue weighted by Crippen LogP contribution is 2.23. The third-order valence-electron chi connectivity index (χ3n) is 3.22. The zero-order valence-electron chi connectivity index (χ0n) is 10.9. The van der Waals surface area contributed by atoms with Gasteiger partial charge in [0.15, 0.2) is 0 Å². The SMILES string of the molecule is Cc1[nH]ncc1CNc1cc2nc[nH]c(=O)c2cc1N. The zero-order valence-corrected chi connectivity index (χ0v) is 10.9. The average molecular weight is 270 g/mol. The lowest BCUT2D eigenvalue weighted by Crippen LogP contribution is -2.09. The Balaban J connectivity index is 1.94. The maximum atomic E-state index is 11.6. The van der Waals surface area contributed by atoms with E-state index in [4.69, 9.17) is 5.73 Å². The molecule has 0 saturated carbocycles. The van der Waals surface area contributed by atoms with Crippen LogP contribution in [-0.2, 0) is 6.54 Å². The van der Waals surface area contributed by atoms with Gasteiger partial charge >= 0.3 is 0 Å². The van der Waals surface area contributed by atoms with Crippen LogP contribution in [0.1, 0.15) is 11.3 Å². The van der Waals surface area contributed by atoms with Crippen molar-refractivity contribution < 1.29 is 0 Å². The standard InChI is InChI=1S/C13H14N6O/c1-7-8(5-18-19-7)4-15-12-3-11-9(2-10(12)14)13(20)17-6-16-11/h2-3,5-6,15H,4,14H2,1H3,(H,18,19)(H,16,17,20). The number of nitrogens with one attached hydrogen (secondary N) is 3. The second kappa shape index (κ2) is 4.69. The maximum Gasteiger partial charge on any atom is 0.258 e. The third-order valence-corrected chi connectivity index (χ3v) is 3.22. The van der Waals surface area contributed by atoms with Gasteiger partial charge in [0.2, 0.25) is 0 Å². The summed E-state index contributed by atoms with van der Waals surface area (Å²) in [5.41, 5.74) is 9.70. The second-order valence-corrected chi connectivity index (χ2v) is 4.56. The van der Waals surface area contributed by atoms with Crippen LogP contribution in [0.15, 0.2) is 29.5 Å². The fraction of sp³-hybridized carbons (Fsp3) is 0.154. The first-order valence-electron chi connectivity index (χ1n) is 6.15. The van der Waals surface area contributed by atoms with E-state index >= 15 is 0 Å². The van der Waals surface area contributed by atoms with Gasteiger partial charge in [0, 0.05) is 17.8 Å². The molecule has 0 unspecified atom stereocenters. The van der Waals surface area contributed by atoms with Gasteiger partial charge in [0.05, 0.1) is 34.8 Å². The van der Waals surface area contributed by atoms with Gasteiger partial charge < -0.3 is 16.0 Å². The van der Waals surface area contributed by atoms with E-state index in [0.29, 0.717) is 23.1 Å². The molecule has 1 aromatic carbocycles. The lowest BCUT2D eigenvalue weighted by molar-refractivity contribution is 1.04. The Bertz CT molecular complexity index is 819. The van der Waals surface area contributed by atoms with Crippen LogP contribution in [0.2, 0.25) is 0 Å². The van der Waals surface area contributed by atoms with Crippen molar-refractivity contribution in [3.05, 3.63) is 46.3 Å². The van der Waals surface area contributed by atoms with Gasteiger partial charge in [0.25, 0.3) is 5.56 Å². The Morgan fingerprint density at radius 3 is 3.00 bits per heavy atom. The first-order valence-corrected chi connectivity index (χ1v) is 6.15. The molecule has 7 heteroatoms. The fourth-order valence-electron chi connectivity index (χ4n) is 2.03. The molecular formula is C13H14N6O. The lowest BCUT2D eigenvalue weighted by Gasteiger charge is -2.09. The van der Waals surface area contributed by atoms with E-state index in [2.05, 4.69) is 25.5 Å². The van der Waals surface area contributed by atoms with Crippen molar-refractivity contribution in [1.29, 1.82) is 0 Å². The van der Waals surface area contributed by atoms with Gasteiger partial charge in [-0.15, -0.1) is 0 Å². The van der Waals surface area contributed by atoms with Gasteiger partial charge in [0.1, 0.15) is 0 Å². The Morgan fingerprint density at radius 2 is 2.25 bits per heavy atom. The number of anilines is 2. The number of nitrogens with zero attached hydrogens (tertiary/aromatic N) is 2. The monoisotopic (exact) mass is 270 g/mol. The summed E-state index contributed by atoms with van der Waals surface area (Å²) in [6.07, 6.45) is 3.15. The molecule has 20 heavy (non-hydrogen) atoms. The molecule has 0 aliphatic rings. The van der Waals surface area contributed by atoms with Crippen molar-refractivity contribution in [3.63, 3.8) is 0 Å². The molecule has 2 aromatic heterocycles. The quantitative estimate of drug-likeness (QED) is 0.533. The Kier molecular flexibility index (Phi) is 2.86. The number of hydrogen-bond acceptors (Lipinski definition) is 5. The van der Waals surface area contributed by atoms with Crippen molar-refractivity contribution in [2.24, 2.45) is 0 Å². The highest BCUT2D eigenvalue weighted by Gasteiger charge is 2.07. The van der Waals surface area contributed by atoms with Crippen LogP contribution >= 0.6 is 0 Å². The van der Waals surface area contributed by atoms with Crippen LogP contribution in [0, 0.1) is 6.92 Å². The Labute approximate surface area is 114 Å². The van der Waals surface area contributed by atoms with E-state index in [1.807, 2.05) is 6.92 Å². The number of aromatic nitrogens is 4. The van der Waals surface area contributed by atoms with Gasteiger partial charge in [-0.3, -0.25) is 9.89 Å². The summed E-state index contributed by atoms with van der Waals surface area (Å²) < 4.78 is 0. The number of nitrogens with two attached hydrogens (primary N) is 1. The van der Waals surface area contributed by atoms with E-state index in [9.17, 15) is 4.79 Å². The minimum Gasteiger partial charge on any atom is -0.397 e. The number of hydrogen-bond donors (Lipinski definition) is 4. The van der Waals surface area contributed by atoms with Crippen LogP contribution in [0.5, 0.6) is 0 Å². The number of rotatable bonds is 3. The summed E-state index contributed by atoms with van der Waals surface area (Å²) in [4.78, 5) is 18.3. The number of H-pyrrole nitrogens is 2. The van der Waals surface area contributed by atoms with Crippen LogP contribution in [0.25, 0.3) is 10.9 Å². The largest absolute Gasteiger partial charge is 0.397 e. The lowest BCUT2D eigenvalue weighted by atomic mass is 10.2. The van der Waals surface area contributed by atoms with Crippen molar-refractivity contribution >= 4 is 22.3 Å². The molecule has 3 aromatic rings. The smallest absolute Gasteiger partial charge is 0.258 e. The summed E-state index contributed by atoms with van der Waals surface area (Å²) in [6.45, 7) is 2.55. The second-order valence-electron chi connectivity index (χ2n) is 4.56. The third kappa shape index (κ3) is 2.09. The van der Waals surface area contributed by atoms with Gasteiger partial charge in [-0.25, -0.2) is 4.98 Å². The summed E-state index contributed by atoms with van der Waals surface area (Å²) in [6, 6.07) is 3.40. The zero-order chi connectivity index (χ0) is 14.1. The fourth-order valence-corrected chi connectivity index (χ4v) is 2.03. The van der Waals surface area contributed by atoms with Gasteiger partial charge in [-0.1, -0.05) is 0 Å². The summed E-state index contributed by atoms with van der Waals surface area (Å²) in [7, 11) is 0. The predicted octanol–water partition coefficient (Wildman–Crippen LogP) is 1.15. The minimum absolute atomic E-state index is 0.195. The van der Waals surface area contributed by atoms with Crippen LogP contribution < -0.4 is 16.6 Å². The van der Waals surface area contributed by atoms with Crippen LogP contribution in [0.4, 0.5) is 11.4 Å². The van der Waals surface area contributed by atoms with E-state index in [-0.39, 0.29) is 5.56 Å². The number of nitrogen functional groups attached to an aromatic ring is 1. The van der Waals surface area contributed by atoms with E-state index in [1.165, 1.54) is 6.33 Å². The number of fused-ring (bicyclic) bond motifs is 1. The molecule has 0 radical (unpaired) electrons. The molecule has 0 fully saturated rings. The van der Waals surface area contributed by atoms with Crippen LogP contribution in [-0.4, -0.2) is 20.2 Å². The van der Waals surface area contributed by atoms with Crippen molar-refractivity contribution in [3.8, 4) is 0 Å². The van der Waals surface area contributed by atoms with Crippen molar-refractivity contribution in [2.75, 3.05) is 11.1 Å². The van der Waals surface area contributed by atoms with Crippen molar-refractivity contribution in [2.45, 2.75) is 13.5 Å². The van der Waals surface area contributed by atoms with Gasteiger partial charge in [-0.2, -0.15) is 5.10 Å². The summed E-state index contributed by atoms with van der Waals surface area (Å²) in [5.74, 6) is 0. The molecule has 102 valence electrons. The number of aryl methyl sites for hydroxylation is 1. The van der Waals surface area contributed by atoms with Crippen molar-refractivity contribution in [1.82, 2.24) is 20.2 Å². The average Bonchev–Trinajstić information content (AvgIpc) is 2.83. The Morgan fingerprint density at radius 1 is 1.40 bits per heavy atom. The maximum absolute atomic E-state index is 11.6. The molecule has 0 bridgehead atoms. The summed E-state index contributed by atoms with van der Waals surface area (Å²) >= 11 is 0. The van der Waals surface area contributed by atoms with E-state index in [0.717, 1.165) is 16.9 Å². The summed E-state index contributed by atoms with van der Waals surface area (Å²) in [5, 5.41) is 10.6. The highest BCUT2D eigenvalue weighted by atomic mass is 16.1. The normalized spacial score (nSPS) is 10.8.